The second kappa shape index (κ2) is 13.3. The number of fused-ring (bicyclic) bond motifs is 1. The number of hydrogen-bond acceptors (Lipinski definition) is 6. The number of benzene rings is 2. The number of carbonyl (C=O) groups is 3. The van der Waals surface area contributed by atoms with Crippen LogP contribution >= 0.6 is 0 Å². The van der Waals surface area contributed by atoms with Gasteiger partial charge in [-0.2, -0.15) is 0 Å². The van der Waals surface area contributed by atoms with Crippen molar-refractivity contribution in [2.75, 3.05) is 19.7 Å². The molecule has 1 heterocycles. The summed E-state index contributed by atoms with van der Waals surface area (Å²) in [6.45, 7) is 3.94. The summed E-state index contributed by atoms with van der Waals surface area (Å²) < 4.78 is 23.9. The molecule has 0 aliphatic carbocycles. The Bertz CT molecular complexity index is 1290. The van der Waals surface area contributed by atoms with Gasteiger partial charge in [0.1, 0.15) is 11.4 Å². The van der Waals surface area contributed by atoms with Crippen LogP contribution < -0.4 is 5.43 Å². The van der Waals surface area contributed by atoms with Crippen LogP contribution in [0.1, 0.15) is 44.2 Å². The predicted octanol–water partition coefficient (Wildman–Crippen LogP) is 4.04. The molecule has 8 nitrogen and oxygen atoms in total. The summed E-state index contributed by atoms with van der Waals surface area (Å²) in [5, 5.41) is 0.399. The van der Waals surface area contributed by atoms with Gasteiger partial charge in [-0.15, -0.1) is 0 Å². The van der Waals surface area contributed by atoms with E-state index in [2.05, 4.69) is 0 Å². The zero-order chi connectivity index (χ0) is 26.8. The number of halogens is 1. The van der Waals surface area contributed by atoms with Gasteiger partial charge in [0.2, 0.25) is 11.8 Å². The first-order chi connectivity index (χ1) is 17.8. The smallest absolute Gasteiger partial charge is 0.306 e. The highest BCUT2D eigenvalue weighted by Gasteiger charge is 2.23. The Labute approximate surface area is 214 Å². The quantitative estimate of drug-likeness (QED) is 0.341. The van der Waals surface area contributed by atoms with Crippen LogP contribution in [0.3, 0.4) is 0 Å². The summed E-state index contributed by atoms with van der Waals surface area (Å²) >= 11 is 0. The maximum absolute atomic E-state index is 13.5. The molecule has 3 rings (SSSR count). The number of carbonyl (C=O) groups excluding carboxylic acids is 3. The Balaban J connectivity index is 1.83. The summed E-state index contributed by atoms with van der Waals surface area (Å²) in [4.78, 5) is 53.8. The Morgan fingerprint density at radius 1 is 0.919 bits per heavy atom. The van der Waals surface area contributed by atoms with E-state index in [1.165, 1.54) is 28.2 Å². The minimum Gasteiger partial charge on any atom is -0.466 e. The largest absolute Gasteiger partial charge is 0.466 e. The van der Waals surface area contributed by atoms with Crippen molar-refractivity contribution in [3.05, 3.63) is 82.0 Å². The Morgan fingerprint density at radius 2 is 1.65 bits per heavy atom. The molecule has 0 unspecified atom stereocenters. The molecule has 0 bridgehead atoms. The molecule has 0 aliphatic heterocycles. The average molecular weight is 511 g/mol. The molecule has 9 heteroatoms. The molecule has 0 fully saturated rings. The molecule has 0 saturated heterocycles. The maximum Gasteiger partial charge on any atom is 0.306 e. The molecular formula is C28H31FN2O6. The lowest BCUT2D eigenvalue weighted by molar-refractivity contribution is -0.146. The number of amides is 2. The highest BCUT2D eigenvalue weighted by atomic mass is 19.1. The van der Waals surface area contributed by atoms with E-state index < -0.39 is 17.7 Å². The molecule has 0 saturated carbocycles. The Kier molecular flexibility index (Phi) is 9.94. The first-order valence-electron chi connectivity index (χ1n) is 12.3. The van der Waals surface area contributed by atoms with E-state index in [0.717, 1.165) is 0 Å². The van der Waals surface area contributed by atoms with Gasteiger partial charge >= 0.3 is 5.97 Å². The standard InChI is InChI=1S/C28H31FN2O6/c1-3-15-30(25(32)13-14-27(34)36-4-2)18-26(33)31(16-20-9-11-22(29)12-10-20)17-21-19-37-24-8-6-5-7-23(24)28(21)35/h5-12,19H,3-4,13-18H2,1-2H3. The first kappa shape index (κ1) is 27.6. The normalized spacial score (nSPS) is 10.8. The zero-order valence-electron chi connectivity index (χ0n) is 21.1. The van der Waals surface area contributed by atoms with Gasteiger partial charge in [0, 0.05) is 19.5 Å². The first-order valence-corrected chi connectivity index (χ1v) is 12.3. The molecule has 0 radical (unpaired) electrons. The molecule has 0 atom stereocenters. The van der Waals surface area contributed by atoms with Crippen LogP contribution in [0.4, 0.5) is 4.39 Å². The molecule has 0 aliphatic rings. The van der Waals surface area contributed by atoms with Crippen LogP contribution in [0.15, 0.2) is 64.0 Å². The van der Waals surface area contributed by atoms with Gasteiger partial charge in [0.05, 0.1) is 43.3 Å². The SMILES string of the molecule is CCCN(CC(=O)N(Cc1ccc(F)cc1)Cc1coc2ccccc2c1=O)C(=O)CCC(=O)OCC. The maximum atomic E-state index is 13.5. The van der Waals surface area contributed by atoms with Gasteiger partial charge < -0.3 is 19.0 Å². The van der Waals surface area contributed by atoms with Gasteiger partial charge in [-0.25, -0.2) is 4.39 Å². The second-order valence-electron chi connectivity index (χ2n) is 8.58. The van der Waals surface area contributed by atoms with E-state index in [1.807, 2.05) is 6.92 Å². The lowest BCUT2D eigenvalue weighted by Crippen LogP contribution is -2.43. The van der Waals surface area contributed by atoms with E-state index in [0.29, 0.717) is 29.5 Å². The van der Waals surface area contributed by atoms with E-state index in [9.17, 15) is 23.6 Å². The van der Waals surface area contributed by atoms with Crippen molar-refractivity contribution in [2.45, 2.75) is 46.2 Å². The number of nitrogens with zero attached hydrogens (tertiary/aromatic N) is 2. The summed E-state index contributed by atoms with van der Waals surface area (Å²) in [6, 6.07) is 12.6. The third-order valence-corrected chi connectivity index (χ3v) is 5.77. The number of para-hydroxylation sites is 1. The Hall–Kier alpha value is -4.01. The minimum atomic E-state index is -0.473. The summed E-state index contributed by atoms with van der Waals surface area (Å²) in [7, 11) is 0. The lowest BCUT2D eigenvalue weighted by Gasteiger charge is -2.27. The van der Waals surface area contributed by atoms with Gasteiger partial charge in [-0.1, -0.05) is 31.2 Å². The highest BCUT2D eigenvalue weighted by Crippen LogP contribution is 2.15. The number of esters is 1. The fourth-order valence-corrected chi connectivity index (χ4v) is 3.90. The van der Waals surface area contributed by atoms with E-state index in [4.69, 9.17) is 9.15 Å². The zero-order valence-corrected chi connectivity index (χ0v) is 21.1. The van der Waals surface area contributed by atoms with E-state index in [1.54, 1.807) is 43.3 Å². The lowest BCUT2D eigenvalue weighted by atomic mass is 10.1. The highest BCUT2D eigenvalue weighted by molar-refractivity contribution is 5.86. The van der Waals surface area contributed by atoms with Crippen molar-refractivity contribution in [2.24, 2.45) is 0 Å². The van der Waals surface area contributed by atoms with Crippen LogP contribution in [-0.2, 0) is 32.2 Å². The van der Waals surface area contributed by atoms with Crippen molar-refractivity contribution < 1.29 is 27.9 Å². The van der Waals surface area contributed by atoms with Crippen LogP contribution in [-0.4, -0.2) is 47.3 Å². The number of ether oxygens (including phenoxy) is 1. The third kappa shape index (κ3) is 7.73. The van der Waals surface area contributed by atoms with Crippen molar-refractivity contribution in [3.8, 4) is 0 Å². The van der Waals surface area contributed by atoms with Gasteiger partial charge in [-0.3, -0.25) is 19.2 Å². The number of rotatable bonds is 12. The van der Waals surface area contributed by atoms with Crippen LogP contribution in [0.25, 0.3) is 11.0 Å². The van der Waals surface area contributed by atoms with Crippen molar-refractivity contribution >= 4 is 28.8 Å². The molecule has 196 valence electrons. The molecule has 0 N–H and O–H groups in total. The molecule has 37 heavy (non-hydrogen) atoms. The van der Waals surface area contributed by atoms with Crippen molar-refractivity contribution in [1.29, 1.82) is 0 Å². The summed E-state index contributed by atoms with van der Waals surface area (Å²) in [6.07, 6.45) is 1.81. The molecule has 2 aromatic carbocycles. The van der Waals surface area contributed by atoms with Crippen molar-refractivity contribution in [3.63, 3.8) is 0 Å². The Morgan fingerprint density at radius 3 is 2.35 bits per heavy atom. The van der Waals surface area contributed by atoms with Crippen LogP contribution in [0, 0.1) is 5.82 Å². The molecule has 1 aromatic heterocycles. The van der Waals surface area contributed by atoms with Crippen molar-refractivity contribution in [1.82, 2.24) is 9.80 Å². The second-order valence-corrected chi connectivity index (χ2v) is 8.58. The summed E-state index contributed by atoms with van der Waals surface area (Å²) in [5.74, 6) is -1.61. The predicted molar refractivity (Wildman–Crippen MR) is 136 cm³/mol. The molecule has 2 amide bonds. The van der Waals surface area contributed by atoms with Crippen LogP contribution in [0.5, 0.6) is 0 Å². The van der Waals surface area contributed by atoms with Crippen LogP contribution in [0.2, 0.25) is 0 Å². The molecule has 3 aromatic rings. The fourth-order valence-electron chi connectivity index (χ4n) is 3.90. The molecule has 0 spiro atoms. The third-order valence-electron chi connectivity index (χ3n) is 5.77. The van der Waals surface area contributed by atoms with Gasteiger partial charge in [0.25, 0.3) is 0 Å². The average Bonchev–Trinajstić information content (AvgIpc) is 2.89. The van der Waals surface area contributed by atoms with Gasteiger partial charge in [-0.05, 0) is 43.2 Å². The van der Waals surface area contributed by atoms with E-state index in [-0.39, 0.29) is 56.0 Å². The fraction of sp³-hybridized carbons (Fsp3) is 0.357. The topological polar surface area (TPSA) is 97.1 Å². The van der Waals surface area contributed by atoms with Gasteiger partial charge in [0.15, 0.2) is 5.43 Å². The minimum absolute atomic E-state index is 0.0552. The summed E-state index contributed by atoms with van der Waals surface area (Å²) in [5.41, 5.74) is 1.13. The number of hydrogen-bond donors (Lipinski definition) is 0. The molecular weight excluding hydrogens is 479 g/mol. The monoisotopic (exact) mass is 510 g/mol. The van der Waals surface area contributed by atoms with E-state index >= 15 is 0 Å².